The molecule has 204 valence electrons. The highest BCUT2D eigenvalue weighted by Gasteiger charge is 2.19. The third-order valence-electron chi connectivity index (χ3n) is 7.03. The fraction of sp³-hybridized carbons (Fsp3) is 0.250. The predicted molar refractivity (Wildman–Crippen MR) is 153 cm³/mol. The number of aromatic nitrogens is 2. The SMILES string of the molecule is CCCCc1nc(C)n(-c2ccc(F)c(C)c2)c(=O)c1Cc1ccc(-c2ccccc2C2=NOCC(=O)N2)cc1. The van der Waals surface area contributed by atoms with Gasteiger partial charge in [-0.1, -0.05) is 67.0 Å². The summed E-state index contributed by atoms with van der Waals surface area (Å²) in [4.78, 5) is 35.6. The van der Waals surface area contributed by atoms with E-state index in [0.717, 1.165) is 40.8 Å². The predicted octanol–water partition coefficient (Wildman–Crippen LogP) is 5.40. The van der Waals surface area contributed by atoms with Crippen LogP contribution in [-0.2, 0) is 22.5 Å². The average Bonchev–Trinajstić information content (AvgIpc) is 2.96. The van der Waals surface area contributed by atoms with E-state index >= 15 is 0 Å². The van der Waals surface area contributed by atoms with Crippen LogP contribution in [0.3, 0.4) is 0 Å². The quantitative estimate of drug-likeness (QED) is 0.326. The number of aryl methyl sites for hydroxylation is 3. The molecule has 0 atom stereocenters. The van der Waals surface area contributed by atoms with Gasteiger partial charge in [-0.3, -0.25) is 14.2 Å². The van der Waals surface area contributed by atoms with Gasteiger partial charge in [-0.2, -0.15) is 0 Å². The number of carbonyl (C=O) groups is 1. The maximum atomic E-state index is 14.0. The number of oxime groups is 1. The molecule has 8 heteroatoms. The average molecular weight is 539 g/mol. The zero-order valence-electron chi connectivity index (χ0n) is 22.8. The Morgan fingerprint density at radius 3 is 2.45 bits per heavy atom. The maximum Gasteiger partial charge on any atom is 0.266 e. The first-order valence-electron chi connectivity index (χ1n) is 13.4. The lowest BCUT2D eigenvalue weighted by Crippen LogP contribution is -2.37. The number of carbonyl (C=O) groups excluding carboxylic acids is 1. The number of rotatable bonds is 8. The van der Waals surface area contributed by atoms with Crippen LogP contribution in [-0.4, -0.2) is 27.9 Å². The first kappa shape index (κ1) is 27.0. The normalized spacial score (nSPS) is 13.0. The van der Waals surface area contributed by atoms with Gasteiger partial charge in [0.25, 0.3) is 11.5 Å². The van der Waals surface area contributed by atoms with E-state index in [9.17, 15) is 14.0 Å². The number of hydrogen-bond donors (Lipinski definition) is 1. The van der Waals surface area contributed by atoms with Crippen molar-refractivity contribution in [1.82, 2.24) is 14.9 Å². The van der Waals surface area contributed by atoms with E-state index in [1.54, 1.807) is 23.6 Å². The van der Waals surface area contributed by atoms with Crippen LogP contribution in [0.4, 0.5) is 4.39 Å². The smallest absolute Gasteiger partial charge is 0.266 e. The molecule has 0 bridgehead atoms. The molecule has 2 heterocycles. The van der Waals surface area contributed by atoms with Crippen molar-refractivity contribution in [1.29, 1.82) is 0 Å². The lowest BCUT2D eigenvalue weighted by molar-refractivity contribution is -0.125. The fourth-order valence-corrected chi connectivity index (χ4v) is 4.93. The van der Waals surface area contributed by atoms with E-state index in [-0.39, 0.29) is 23.9 Å². The van der Waals surface area contributed by atoms with Gasteiger partial charge in [0.1, 0.15) is 11.6 Å². The monoisotopic (exact) mass is 538 g/mol. The summed E-state index contributed by atoms with van der Waals surface area (Å²) in [6.45, 7) is 5.51. The second-order valence-electron chi connectivity index (χ2n) is 9.94. The van der Waals surface area contributed by atoms with Crippen molar-refractivity contribution in [3.8, 4) is 16.8 Å². The van der Waals surface area contributed by atoms with Crippen molar-refractivity contribution < 1.29 is 14.0 Å². The molecule has 1 aliphatic rings. The van der Waals surface area contributed by atoms with Crippen LogP contribution in [0.15, 0.2) is 76.7 Å². The molecule has 1 aliphatic heterocycles. The van der Waals surface area contributed by atoms with E-state index in [2.05, 4.69) is 17.4 Å². The Bertz CT molecular complexity index is 1660. The molecular formula is C32H31FN4O3. The molecule has 0 unspecified atom stereocenters. The Morgan fingerprint density at radius 1 is 1.00 bits per heavy atom. The van der Waals surface area contributed by atoms with Gasteiger partial charge in [-0.05, 0) is 67.1 Å². The zero-order valence-corrected chi connectivity index (χ0v) is 22.8. The summed E-state index contributed by atoms with van der Waals surface area (Å²) in [5.41, 5.74) is 5.95. The van der Waals surface area contributed by atoms with Crippen molar-refractivity contribution >= 4 is 11.7 Å². The lowest BCUT2D eigenvalue weighted by Gasteiger charge is -2.17. The molecule has 0 fully saturated rings. The number of hydrogen-bond acceptors (Lipinski definition) is 5. The summed E-state index contributed by atoms with van der Waals surface area (Å²) in [5.74, 6) is 0.398. The van der Waals surface area contributed by atoms with Crippen LogP contribution in [0.2, 0.25) is 0 Å². The molecule has 1 N–H and O–H groups in total. The highest BCUT2D eigenvalue weighted by atomic mass is 19.1. The summed E-state index contributed by atoms with van der Waals surface area (Å²) in [7, 11) is 0. The lowest BCUT2D eigenvalue weighted by atomic mass is 9.96. The van der Waals surface area contributed by atoms with Gasteiger partial charge in [0, 0.05) is 17.5 Å². The van der Waals surface area contributed by atoms with E-state index in [4.69, 9.17) is 9.82 Å². The minimum Gasteiger partial charge on any atom is -0.384 e. The molecule has 4 aromatic rings. The Kier molecular flexibility index (Phi) is 7.86. The molecule has 40 heavy (non-hydrogen) atoms. The molecule has 3 aromatic carbocycles. The van der Waals surface area contributed by atoms with Gasteiger partial charge in [-0.25, -0.2) is 9.37 Å². The van der Waals surface area contributed by atoms with Gasteiger partial charge in [-0.15, -0.1) is 0 Å². The van der Waals surface area contributed by atoms with E-state index in [0.29, 0.717) is 41.3 Å². The minimum atomic E-state index is -0.311. The molecule has 0 saturated carbocycles. The third-order valence-corrected chi connectivity index (χ3v) is 7.03. The third kappa shape index (κ3) is 5.57. The van der Waals surface area contributed by atoms with Gasteiger partial charge in [0.2, 0.25) is 0 Å². The number of benzene rings is 3. The van der Waals surface area contributed by atoms with E-state index in [1.807, 2.05) is 55.5 Å². The molecular weight excluding hydrogens is 507 g/mol. The Balaban J connectivity index is 1.51. The van der Waals surface area contributed by atoms with E-state index < -0.39 is 0 Å². The Morgan fingerprint density at radius 2 is 1.75 bits per heavy atom. The van der Waals surface area contributed by atoms with Crippen molar-refractivity contribution in [3.63, 3.8) is 0 Å². The molecule has 1 aromatic heterocycles. The van der Waals surface area contributed by atoms with Crippen LogP contribution < -0.4 is 10.9 Å². The standard InChI is InChI=1S/C32H31FN4O3/c1-4-5-10-29-27(32(39)37(21(3)34-29)24-15-16-28(33)20(2)17-24)18-22-11-13-23(14-12-22)25-8-6-7-9-26(25)31-35-30(38)19-40-36-31/h6-9,11-17H,4-5,10,18-19H2,1-3H3,(H,35,36,38). The highest BCUT2D eigenvalue weighted by Crippen LogP contribution is 2.26. The summed E-state index contributed by atoms with van der Waals surface area (Å²) >= 11 is 0. The van der Waals surface area contributed by atoms with Crippen LogP contribution in [0.1, 0.15) is 53.5 Å². The first-order chi connectivity index (χ1) is 19.4. The molecule has 0 radical (unpaired) electrons. The largest absolute Gasteiger partial charge is 0.384 e. The molecule has 0 spiro atoms. The number of amidine groups is 1. The topological polar surface area (TPSA) is 85.6 Å². The van der Waals surface area contributed by atoms with Crippen LogP contribution in [0.25, 0.3) is 16.8 Å². The van der Waals surface area contributed by atoms with Crippen molar-refractivity contribution in [2.75, 3.05) is 6.61 Å². The van der Waals surface area contributed by atoms with Gasteiger partial charge in [0.15, 0.2) is 12.4 Å². The summed E-state index contributed by atoms with van der Waals surface area (Å²) in [6, 6.07) is 20.3. The minimum absolute atomic E-state index is 0.100. The molecule has 5 rings (SSSR count). The molecule has 7 nitrogen and oxygen atoms in total. The zero-order chi connectivity index (χ0) is 28.2. The highest BCUT2D eigenvalue weighted by molar-refractivity contribution is 6.12. The Hall–Kier alpha value is -4.59. The summed E-state index contributed by atoms with van der Waals surface area (Å²) in [6.07, 6.45) is 3.06. The molecule has 0 aliphatic carbocycles. The van der Waals surface area contributed by atoms with Crippen LogP contribution >= 0.6 is 0 Å². The van der Waals surface area contributed by atoms with Crippen molar-refractivity contribution in [3.05, 3.63) is 117 Å². The number of nitrogens with one attached hydrogen (secondary N) is 1. The number of halogens is 1. The van der Waals surface area contributed by atoms with E-state index in [1.165, 1.54) is 6.07 Å². The molecule has 0 saturated heterocycles. The maximum absolute atomic E-state index is 14.0. The second-order valence-corrected chi connectivity index (χ2v) is 9.94. The summed E-state index contributed by atoms with van der Waals surface area (Å²) < 4.78 is 15.5. The van der Waals surface area contributed by atoms with Crippen LogP contribution in [0.5, 0.6) is 0 Å². The Labute approximate surface area is 232 Å². The number of unbranched alkanes of at least 4 members (excludes halogenated alkanes) is 1. The van der Waals surface area contributed by atoms with Gasteiger partial charge >= 0.3 is 0 Å². The van der Waals surface area contributed by atoms with Crippen LogP contribution in [0, 0.1) is 19.7 Å². The first-order valence-corrected chi connectivity index (χ1v) is 13.4. The fourth-order valence-electron chi connectivity index (χ4n) is 4.93. The van der Waals surface area contributed by atoms with Crippen molar-refractivity contribution in [2.24, 2.45) is 5.16 Å². The number of nitrogens with zero attached hydrogens (tertiary/aromatic N) is 3. The van der Waals surface area contributed by atoms with Gasteiger partial charge in [0.05, 0.1) is 11.4 Å². The van der Waals surface area contributed by atoms with Crippen molar-refractivity contribution in [2.45, 2.75) is 46.5 Å². The summed E-state index contributed by atoms with van der Waals surface area (Å²) in [5, 5.41) is 6.79. The van der Waals surface area contributed by atoms with Gasteiger partial charge < -0.3 is 10.2 Å². The second kappa shape index (κ2) is 11.7. The molecule has 1 amide bonds. The number of amides is 1.